The van der Waals surface area contributed by atoms with Crippen molar-refractivity contribution in [2.75, 3.05) is 5.32 Å². The van der Waals surface area contributed by atoms with Gasteiger partial charge in [-0.1, -0.05) is 19.1 Å². The number of benzene rings is 1. The molecule has 0 bridgehead atoms. The van der Waals surface area contributed by atoms with Crippen molar-refractivity contribution >= 4 is 17.9 Å². The molecular weight excluding hydrogens is 290 g/mol. The van der Waals surface area contributed by atoms with Crippen LogP contribution in [0.15, 0.2) is 30.3 Å². The van der Waals surface area contributed by atoms with Crippen molar-refractivity contribution < 1.29 is 9.59 Å². The van der Waals surface area contributed by atoms with Crippen molar-refractivity contribution in [2.45, 2.75) is 32.6 Å². The summed E-state index contributed by atoms with van der Waals surface area (Å²) < 4.78 is 0. The molecule has 2 aromatic rings. The van der Waals surface area contributed by atoms with Crippen LogP contribution in [-0.4, -0.2) is 22.4 Å². The highest BCUT2D eigenvalue weighted by Gasteiger charge is 2.26. The maximum Gasteiger partial charge on any atom is 0.221 e. The lowest BCUT2D eigenvalue weighted by Gasteiger charge is -2.25. The minimum Gasteiger partial charge on any atom is -0.326 e. The van der Waals surface area contributed by atoms with Crippen LogP contribution in [-0.2, 0) is 16.0 Å². The summed E-state index contributed by atoms with van der Waals surface area (Å²) >= 11 is 0. The number of aromatic nitrogens is 2. The molecule has 0 spiro atoms. The number of carbonyl (C=O) groups is 2. The van der Waals surface area contributed by atoms with Crippen LogP contribution in [0.3, 0.4) is 0 Å². The Morgan fingerprint density at radius 3 is 2.87 bits per heavy atom. The monoisotopic (exact) mass is 309 g/mol. The molecule has 23 heavy (non-hydrogen) atoms. The minimum atomic E-state index is -0.117. The molecule has 1 heterocycles. The summed E-state index contributed by atoms with van der Waals surface area (Å²) in [7, 11) is 0. The van der Waals surface area contributed by atoms with Gasteiger partial charge in [-0.25, -0.2) is 0 Å². The van der Waals surface area contributed by atoms with E-state index in [2.05, 4.69) is 22.4 Å². The first kappa shape index (κ1) is 15.3. The molecule has 0 fully saturated rings. The van der Waals surface area contributed by atoms with Gasteiger partial charge in [-0.15, -0.1) is 0 Å². The van der Waals surface area contributed by atoms with Crippen LogP contribution in [0.25, 0.3) is 11.3 Å². The number of anilines is 1. The lowest BCUT2D eigenvalue weighted by Crippen LogP contribution is -2.19. The van der Waals surface area contributed by atoms with Crippen LogP contribution in [0.5, 0.6) is 0 Å². The summed E-state index contributed by atoms with van der Waals surface area (Å²) in [4.78, 5) is 22.6. The predicted molar refractivity (Wildman–Crippen MR) is 88.1 cm³/mol. The Labute approximate surface area is 135 Å². The van der Waals surface area contributed by atoms with Crippen molar-refractivity contribution in [3.8, 4) is 11.3 Å². The summed E-state index contributed by atoms with van der Waals surface area (Å²) in [5.41, 5.74) is 4.21. The quantitative estimate of drug-likeness (QED) is 0.885. The van der Waals surface area contributed by atoms with Crippen molar-refractivity contribution in [3.63, 3.8) is 0 Å². The third-order valence-corrected chi connectivity index (χ3v) is 4.14. The highest BCUT2D eigenvalue weighted by Crippen LogP contribution is 2.34. The Morgan fingerprint density at radius 2 is 2.13 bits per heavy atom. The zero-order valence-electron chi connectivity index (χ0n) is 13.2. The van der Waals surface area contributed by atoms with Gasteiger partial charge in [0, 0.05) is 24.1 Å². The summed E-state index contributed by atoms with van der Waals surface area (Å²) in [5.74, 6) is 0.219. The van der Waals surface area contributed by atoms with Crippen molar-refractivity contribution in [3.05, 3.63) is 41.6 Å². The highest BCUT2D eigenvalue weighted by molar-refractivity contribution is 5.89. The molecule has 3 rings (SSSR count). The van der Waals surface area contributed by atoms with Crippen LogP contribution < -0.4 is 5.32 Å². The van der Waals surface area contributed by atoms with Gasteiger partial charge in [-0.2, -0.15) is 10.2 Å². The number of aldehydes is 1. The number of hydrogen-bond donors (Lipinski definition) is 1. The summed E-state index contributed by atoms with van der Waals surface area (Å²) in [6.45, 7) is 3.60. The van der Waals surface area contributed by atoms with Crippen molar-refractivity contribution in [2.24, 2.45) is 5.92 Å². The average molecular weight is 309 g/mol. The van der Waals surface area contributed by atoms with Gasteiger partial charge in [-0.3, -0.25) is 4.79 Å². The van der Waals surface area contributed by atoms with Gasteiger partial charge in [0.05, 0.1) is 11.4 Å². The fraction of sp³-hybridized carbons (Fsp3) is 0.333. The van der Waals surface area contributed by atoms with E-state index >= 15 is 0 Å². The van der Waals surface area contributed by atoms with Gasteiger partial charge in [0.2, 0.25) is 5.91 Å². The molecule has 5 heteroatoms. The second-order valence-electron chi connectivity index (χ2n) is 6.18. The molecule has 5 nitrogen and oxygen atoms in total. The Morgan fingerprint density at radius 1 is 1.30 bits per heavy atom. The minimum absolute atomic E-state index is 0.110. The van der Waals surface area contributed by atoms with E-state index in [0.717, 1.165) is 47.3 Å². The Bertz CT molecular complexity index is 758. The predicted octanol–water partition coefficient (Wildman–Crippen LogP) is 2.97. The number of hydrogen-bond acceptors (Lipinski definition) is 4. The first-order valence-electron chi connectivity index (χ1n) is 7.76. The molecule has 0 saturated heterocycles. The normalized spacial score (nSPS) is 19.7. The molecule has 118 valence electrons. The van der Waals surface area contributed by atoms with Crippen LogP contribution in [0, 0.1) is 5.92 Å². The second kappa shape index (κ2) is 6.28. The molecule has 0 aliphatic heterocycles. The fourth-order valence-electron chi connectivity index (χ4n) is 3.11. The van der Waals surface area contributed by atoms with E-state index in [9.17, 15) is 9.59 Å². The van der Waals surface area contributed by atoms with E-state index in [1.54, 1.807) is 0 Å². The topological polar surface area (TPSA) is 72.0 Å². The summed E-state index contributed by atoms with van der Waals surface area (Å²) in [6, 6.07) is 9.43. The average Bonchev–Trinajstić information content (AvgIpc) is 2.53. The molecule has 1 N–H and O–H groups in total. The van der Waals surface area contributed by atoms with E-state index in [0.29, 0.717) is 5.92 Å². The Hall–Kier alpha value is -2.56. The first-order chi connectivity index (χ1) is 11.1. The molecule has 0 saturated carbocycles. The van der Waals surface area contributed by atoms with Gasteiger partial charge in [0.25, 0.3) is 0 Å². The molecule has 2 unspecified atom stereocenters. The zero-order chi connectivity index (χ0) is 16.4. The number of amides is 1. The largest absolute Gasteiger partial charge is 0.326 e. The molecule has 1 aliphatic rings. The molecule has 0 radical (unpaired) electrons. The SMILES string of the molecule is CC(=O)Nc1cccc(-c2cc3c(nn2)CC(C)CC3C=O)c1. The van der Waals surface area contributed by atoms with Crippen LogP contribution in [0.4, 0.5) is 5.69 Å². The smallest absolute Gasteiger partial charge is 0.221 e. The fourth-order valence-corrected chi connectivity index (χ4v) is 3.11. The van der Waals surface area contributed by atoms with Crippen LogP contribution in [0.1, 0.15) is 37.4 Å². The van der Waals surface area contributed by atoms with E-state index in [4.69, 9.17) is 0 Å². The number of carbonyl (C=O) groups excluding carboxylic acids is 2. The molecule has 1 aliphatic carbocycles. The lowest BCUT2D eigenvalue weighted by atomic mass is 9.80. The summed E-state index contributed by atoms with van der Waals surface area (Å²) in [6.07, 6.45) is 2.72. The number of rotatable bonds is 3. The van der Waals surface area contributed by atoms with E-state index in [-0.39, 0.29) is 11.8 Å². The maximum absolute atomic E-state index is 11.4. The molecular formula is C18H19N3O2. The van der Waals surface area contributed by atoms with Crippen LogP contribution in [0.2, 0.25) is 0 Å². The van der Waals surface area contributed by atoms with Gasteiger partial charge < -0.3 is 10.1 Å². The van der Waals surface area contributed by atoms with Crippen molar-refractivity contribution in [1.82, 2.24) is 10.2 Å². The third kappa shape index (κ3) is 3.28. The molecule has 2 atom stereocenters. The second-order valence-corrected chi connectivity index (χ2v) is 6.18. The maximum atomic E-state index is 11.4. The molecule has 1 amide bonds. The van der Waals surface area contributed by atoms with E-state index < -0.39 is 0 Å². The van der Waals surface area contributed by atoms with Crippen molar-refractivity contribution in [1.29, 1.82) is 0 Å². The van der Waals surface area contributed by atoms with Gasteiger partial charge in [0.15, 0.2) is 0 Å². The lowest BCUT2D eigenvalue weighted by molar-refractivity contribution is -0.114. The third-order valence-electron chi connectivity index (χ3n) is 4.14. The first-order valence-corrected chi connectivity index (χ1v) is 7.76. The van der Waals surface area contributed by atoms with Gasteiger partial charge in [0.1, 0.15) is 6.29 Å². The van der Waals surface area contributed by atoms with Gasteiger partial charge >= 0.3 is 0 Å². The van der Waals surface area contributed by atoms with E-state index in [1.165, 1.54) is 6.92 Å². The standard InChI is InChI=1S/C18H19N3O2/c1-11-6-14(10-22)16-9-17(20-21-18(16)7-11)13-4-3-5-15(8-13)19-12(2)23/h3-5,8-11,14H,6-7H2,1-2H3,(H,19,23). The highest BCUT2D eigenvalue weighted by atomic mass is 16.1. The molecule has 1 aromatic heterocycles. The Balaban J connectivity index is 1.98. The number of fused-ring (bicyclic) bond motifs is 1. The molecule has 1 aromatic carbocycles. The Kier molecular flexibility index (Phi) is 4.19. The van der Waals surface area contributed by atoms with Crippen LogP contribution >= 0.6 is 0 Å². The number of nitrogens with zero attached hydrogens (tertiary/aromatic N) is 2. The summed E-state index contributed by atoms with van der Waals surface area (Å²) in [5, 5.41) is 11.4. The number of nitrogens with one attached hydrogen (secondary N) is 1. The zero-order valence-corrected chi connectivity index (χ0v) is 13.2. The van der Waals surface area contributed by atoms with Gasteiger partial charge in [-0.05, 0) is 42.5 Å². The van der Waals surface area contributed by atoms with E-state index in [1.807, 2.05) is 30.3 Å².